The van der Waals surface area contributed by atoms with Gasteiger partial charge in [0.25, 0.3) is 0 Å². The number of hydrogen-bond donors (Lipinski definition) is 2. The van der Waals surface area contributed by atoms with Crippen LogP contribution in [0.1, 0.15) is 49.0 Å². The van der Waals surface area contributed by atoms with Gasteiger partial charge < -0.3 is 24.7 Å². The Morgan fingerprint density at radius 1 is 1.00 bits per heavy atom. The van der Waals surface area contributed by atoms with Gasteiger partial charge in [0.05, 0.1) is 23.5 Å². The molecule has 9 heteroatoms. The van der Waals surface area contributed by atoms with Crippen molar-refractivity contribution in [1.82, 2.24) is 30.2 Å². The summed E-state index contributed by atoms with van der Waals surface area (Å²) in [5.74, 6) is 5.96. The number of imidazole rings is 1. The van der Waals surface area contributed by atoms with Crippen LogP contribution in [0.25, 0.3) is 22.9 Å². The van der Waals surface area contributed by atoms with Gasteiger partial charge in [-0.3, -0.25) is 4.79 Å². The average molecular weight is 561 g/mol. The Labute approximate surface area is 244 Å². The van der Waals surface area contributed by atoms with Crippen molar-refractivity contribution in [1.29, 1.82) is 0 Å². The normalized spacial score (nSPS) is 27.1. The molecule has 42 heavy (non-hydrogen) atoms. The highest BCUT2D eigenvalue weighted by molar-refractivity contribution is 5.90. The Bertz CT molecular complexity index is 1770. The monoisotopic (exact) mass is 560 g/mol. The lowest BCUT2D eigenvalue weighted by molar-refractivity contribution is -0.164. The van der Waals surface area contributed by atoms with E-state index in [1.807, 2.05) is 92.2 Å². The van der Waals surface area contributed by atoms with Gasteiger partial charge >= 0.3 is 0 Å². The molecule has 2 saturated carbocycles. The minimum atomic E-state index is -0.800. The Morgan fingerprint density at radius 3 is 2.45 bits per heavy atom. The molecule has 212 valence electrons. The highest BCUT2D eigenvalue weighted by atomic mass is 16.8. The molecule has 0 radical (unpaired) electrons. The molecule has 0 bridgehead atoms. The fourth-order valence-corrected chi connectivity index (χ4v) is 6.72. The van der Waals surface area contributed by atoms with Gasteiger partial charge in [-0.1, -0.05) is 54.5 Å². The van der Waals surface area contributed by atoms with Gasteiger partial charge in [0, 0.05) is 31.3 Å². The van der Waals surface area contributed by atoms with E-state index in [-0.39, 0.29) is 30.1 Å². The first kappa shape index (κ1) is 26.4. The molecule has 1 aliphatic heterocycles. The summed E-state index contributed by atoms with van der Waals surface area (Å²) in [4.78, 5) is 27.8. The summed E-state index contributed by atoms with van der Waals surface area (Å²) in [6.45, 7) is 3.79. The number of nitrogens with one attached hydrogen (secondary N) is 2. The lowest BCUT2D eigenvalue weighted by Gasteiger charge is -2.24. The molecule has 2 unspecified atom stereocenters. The number of nitrogens with zero attached hydrogens (tertiary/aromatic N) is 4. The SMILES string of the molecule is CNC(=O)[C@]12CC1[C@@H](n1cnc3c(/C=C(\NC)c4ccccc4)nc(C#Cc4ccccc4)nc31)C1OC(C)(C)O[C@@H]12. The van der Waals surface area contributed by atoms with Crippen LogP contribution in [0, 0.1) is 23.2 Å². The van der Waals surface area contributed by atoms with E-state index in [9.17, 15) is 4.79 Å². The van der Waals surface area contributed by atoms with Crippen molar-refractivity contribution in [2.45, 2.75) is 44.3 Å². The van der Waals surface area contributed by atoms with Crippen LogP contribution in [0.5, 0.6) is 0 Å². The first-order valence-electron chi connectivity index (χ1n) is 14.2. The standard InChI is InChI=1S/C33H32N6O3/c1-32(2)41-28-27(22-18-33(22,29(28)42-32)31(40)35-4)39-19-36-26-24(17-23(34-3)21-13-9-6-10-14-21)37-25(38-30(26)39)16-15-20-11-7-5-8-12-20/h5-14,17,19,22,27-29,34H,18H2,1-4H3,(H,35,40)/b23-17-/t22?,27-,28?,29+,33-/m1/s1. The molecule has 2 aliphatic carbocycles. The second-order valence-corrected chi connectivity index (χ2v) is 11.5. The summed E-state index contributed by atoms with van der Waals surface area (Å²) in [6.07, 6.45) is 3.81. The summed E-state index contributed by atoms with van der Waals surface area (Å²) in [5.41, 5.74) is 4.10. The van der Waals surface area contributed by atoms with E-state index in [0.29, 0.717) is 29.1 Å². The maximum Gasteiger partial charge on any atom is 0.229 e. The zero-order chi connectivity index (χ0) is 29.1. The Morgan fingerprint density at radius 2 is 1.74 bits per heavy atom. The zero-order valence-corrected chi connectivity index (χ0v) is 24.0. The molecule has 3 aliphatic rings. The minimum Gasteiger partial charge on any atom is -0.388 e. The zero-order valence-electron chi connectivity index (χ0n) is 24.0. The number of carbonyl (C=O) groups excluding carboxylic acids is 1. The molecule has 3 fully saturated rings. The predicted octanol–water partition coefficient (Wildman–Crippen LogP) is 3.77. The minimum absolute atomic E-state index is 0.00934. The third kappa shape index (κ3) is 4.18. The lowest BCUT2D eigenvalue weighted by atomic mass is 9.98. The van der Waals surface area contributed by atoms with Crippen molar-refractivity contribution >= 4 is 28.8 Å². The van der Waals surface area contributed by atoms with Crippen molar-refractivity contribution < 1.29 is 14.3 Å². The molecule has 2 aromatic carbocycles. The summed E-state index contributed by atoms with van der Waals surface area (Å²) in [6, 6.07) is 19.6. The maximum atomic E-state index is 13.2. The molecule has 3 heterocycles. The Balaban J connectivity index is 1.38. The fraction of sp³-hybridized carbons (Fsp3) is 0.333. The number of hydrogen-bond acceptors (Lipinski definition) is 7. The number of amides is 1. The van der Waals surface area contributed by atoms with Crippen molar-refractivity contribution in [2.75, 3.05) is 14.1 Å². The third-order valence-corrected chi connectivity index (χ3v) is 8.59. The van der Waals surface area contributed by atoms with Crippen molar-refractivity contribution in [3.8, 4) is 11.8 Å². The summed E-state index contributed by atoms with van der Waals surface area (Å²) < 4.78 is 14.8. The summed E-state index contributed by atoms with van der Waals surface area (Å²) >= 11 is 0. The van der Waals surface area contributed by atoms with Crippen LogP contribution >= 0.6 is 0 Å². The molecular weight excluding hydrogens is 528 g/mol. The number of ether oxygens (including phenoxy) is 2. The number of rotatable bonds is 5. The second kappa shape index (κ2) is 9.79. The summed E-state index contributed by atoms with van der Waals surface area (Å²) in [7, 11) is 3.56. The van der Waals surface area contributed by atoms with E-state index in [0.717, 1.165) is 16.8 Å². The van der Waals surface area contributed by atoms with Gasteiger partial charge in [0.15, 0.2) is 11.4 Å². The number of carbonyl (C=O) groups is 1. The van der Waals surface area contributed by atoms with E-state index in [1.54, 1.807) is 13.4 Å². The first-order chi connectivity index (χ1) is 20.3. The van der Waals surface area contributed by atoms with Crippen LogP contribution in [0.4, 0.5) is 0 Å². The largest absolute Gasteiger partial charge is 0.388 e. The van der Waals surface area contributed by atoms with E-state index in [1.165, 1.54) is 0 Å². The molecule has 2 aromatic heterocycles. The van der Waals surface area contributed by atoms with Crippen molar-refractivity contribution in [3.05, 3.63) is 89.6 Å². The highest BCUT2D eigenvalue weighted by Gasteiger charge is 2.79. The predicted molar refractivity (Wildman–Crippen MR) is 159 cm³/mol. The smallest absolute Gasteiger partial charge is 0.229 e. The van der Waals surface area contributed by atoms with E-state index in [2.05, 4.69) is 22.5 Å². The topological polar surface area (TPSA) is 103 Å². The molecular formula is C33H32N6O3. The van der Waals surface area contributed by atoms with Crippen LogP contribution in [0.2, 0.25) is 0 Å². The molecule has 4 aromatic rings. The molecule has 9 nitrogen and oxygen atoms in total. The quantitative estimate of drug-likeness (QED) is 0.358. The lowest BCUT2D eigenvalue weighted by Crippen LogP contribution is -2.40. The average Bonchev–Trinajstić information content (AvgIpc) is 3.32. The molecule has 1 amide bonds. The summed E-state index contributed by atoms with van der Waals surface area (Å²) in [5, 5.41) is 6.16. The first-order valence-corrected chi connectivity index (χ1v) is 14.2. The third-order valence-electron chi connectivity index (χ3n) is 8.59. The van der Waals surface area contributed by atoms with Gasteiger partial charge in [0.1, 0.15) is 17.7 Å². The molecule has 1 saturated heterocycles. The van der Waals surface area contributed by atoms with Crippen LogP contribution < -0.4 is 10.6 Å². The van der Waals surface area contributed by atoms with Gasteiger partial charge in [0.2, 0.25) is 11.7 Å². The maximum absolute atomic E-state index is 13.2. The fourth-order valence-electron chi connectivity index (χ4n) is 6.72. The van der Waals surface area contributed by atoms with E-state index in [4.69, 9.17) is 24.4 Å². The van der Waals surface area contributed by atoms with E-state index < -0.39 is 11.2 Å². The van der Waals surface area contributed by atoms with Crippen LogP contribution in [-0.2, 0) is 14.3 Å². The Hall–Kier alpha value is -4.52. The van der Waals surface area contributed by atoms with Crippen molar-refractivity contribution in [3.63, 3.8) is 0 Å². The molecule has 5 atom stereocenters. The Kier molecular flexibility index (Phi) is 6.15. The second-order valence-electron chi connectivity index (χ2n) is 11.5. The molecule has 2 N–H and O–H groups in total. The van der Waals surface area contributed by atoms with Gasteiger partial charge in [-0.15, -0.1) is 0 Å². The highest BCUT2D eigenvalue weighted by Crippen LogP contribution is 2.71. The van der Waals surface area contributed by atoms with Crippen LogP contribution in [-0.4, -0.2) is 57.5 Å². The molecule has 7 rings (SSSR count). The van der Waals surface area contributed by atoms with Gasteiger partial charge in [-0.2, -0.15) is 0 Å². The number of fused-ring (bicyclic) bond motifs is 4. The number of benzene rings is 2. The van der Waals surface area contributed by atoms with E-state index >= 15 is 0 Å². The van der Waals surface area contributed by atoms with Gasteiger partial charge in [-0.05, 0) is 50.0 Å². The number of aromatic nitrogens is 4. The molecule has 0 spiro atoms. The van der Waals surface area contributed by atoms with Gasteiger partial charge in [-0.25, -0.2) is 15.0 Å². The van der Waals surface area contributed by atoms with Crippen molar-refractivity contribution in [2.24, 2.45) is 11.3 Å². The van der Waals surface area contributed by atoms with Crippen LogP contribution in [0.3, 0.4) is 0 Å². The van der Waals surface area contributed by atoms with Crippen LogP contribution in [0.15, 0.2) is 67.0 Å².